The first-order chi connectivity index (χ1) is 12.1. The fourth-order valence-electron chi connectivity index (χ4n) is 3.66. The molecule has 2 aliphatic rings. The van der Waals surface area contributed by atoms with Gasteiger partial charge in [0.05, 0.1) is 12.2 Å². The number of thioether (sulfide) groups is 1. The van der Waals surface area contributed by atoms with Gasteiger partial charge in [0.1, 0.15) is 5.82 Å². The third-order valence-electron chi connectivity index (χ3n) is 4.77. The first-order valence-corrected chi connectivity index (χ1v) is 9.11. The topological polar surface area (TPSA) is 40.6 Å². The summed E-state index contributed by atoms with van der Waals surface area (Å²) in [6.07, 6.45) is 0. The van der Waals surface area contributed by atoms with Crippen LogP contribution in [0.1, 0.15) is 18.1 Å². The van der Waals surface area contributed by atoms with Gasteiger partial charge in [0.2, 0.25) is 5.91 Å². The predicted octanol–water partition coefficient (Wildman–Crippen LogP) is 3.12. The zero-order valence-corrected chi connectivity index (χ0v) is 14.6. The Kier molecular flexibility index (Phi) is 3.80. The number of anilines is 1. The molecule has 25 heavy (non-hydrogen) atoms. The van der Waals surface area contributed by atoms with Crippen LogP contribution < -0.4 is 4.90 Å². The van der Waals surface area contributed by atoms with Gasteiger partial charge in [-0.25, -0.2) is 4.39 Å². The summed E-state index contributed by atoms with van der Waals surface area (Å²) >= 11 is 1.48. The number of hydrogen-bond acceptors (Lipinski definition) is 3. The molecule has 1 spiro atoms. The molecule has 2 amide bonds. The van der Waals surface area contributed by atoms with Crippen LogP contribution >= 0.6 is 11.8 Å². The van der Waals surface area contributed by atoms with E-state index in [0.717, 1.165) is 11.3 Å². The zero-order valence-electron chi connectivity index (χ0n) is 13.7. The lowest BCUT2D eigenvalue weighted by Crippen LogP contribution is -2.49. The molecule has 2 aromatic carbocycles. The average molecular weight is 356 g/mol. The quantitative estimate of drug-likeness (QED) is 0.830. The van der Waals surface area contributed by atoms with Crippen LogP contribution in [0.25, 0.3) is 0 Å². The van der Waals surface area contributed by atoms with Crippen molar-refractivity contribution in [2.75, 3.05) is 17.2 Å². The van der Waals surface area contributed by atoms with Crippen molar-refractivity contribution >= 4 is 29.3 Å². The van der Waals surface area contributed by atoms with E-state index >= 15 is 0 Å². The number of fused-ring (bicyclic) bond motifs is 2. The number of carbonyl (C=O) groups excluding carboxylic acids is 2. The first-order valence-electron chi connectivity index (χ1n) is 8.13. The molecular formula is C19H17FN2O2S. The van der Waals surface area contributed by atoms with Crippen molar-refractivity contribution < 1.29 is 14.0 Å². The third-order valence-corrected chi connectivity index (χ3v) is 6.19. The molecule has 0 unspecified atom stereocenters. The minimum atomic E-state index is -1.02. The van der Waals surface area contributed by atoms with Gasteiger partial charge in [-0.05, 0) is 12.1 Å². The average Bonchev–Trinajstić information content (AvgIpc) is 3.15. The maximum Gasteiger partial charge on any atom is 0.268 e. The molecule has 4 nitrogen and oxygen atoms in total. The smallest absolute Gasteiger partial charge is 0.268 e. The molecule has 2 aromatic rings. The van der Waals surface area contributed by atoms with E-state index in [-0.39, 0.29) is 24.2 Å². The van der Waals surface area contributed by atoms with Gasteiger partial charge in [-0.2, -0.15) is 0 Å². The Hall–Kier alpha value is -2.34. The molecule has 1 fully saturated rings. The Balaban J connectivity index is 1.82. The van der Waals surface area contributed by atoms with Crippen LogP contribution in [0.2, 0.25) is 0 Å². The number of halogens is 1. The summed E-state index contributed by atoms with van der Waals surface area (Å²) in [7, 11) is 0. The van der Waals surface area contributed by atoms with E-state index in [9.17, 15) is 14.0 Å². The van der Waals surface area contributed by atoms with E-state index < -0.39 is 4.87 Å². The lowest BCUT2D eigenvalue weighted by atomic mass is 10.1. The van der Waals surface area contributed by atoms with E-state index in [1.165, 1.54) is 24.8 Å². The molecule has 1 atom stereocenters. The predicted molar refractivity (Wildman–Crippen MR) is 95.6 cm³/mol. The van der Waals surface area contributed by atoms with Gasteiger partial charge in [-0.3, -0.25) is 9.59 Å². The highest BCUT2D eigenvalue weighted by atomic mass is 32.2. The first kappa shape index (κ1) is 16.1. The Morgan fingerprint density at radius 1 is 1.20 bits per heavy atom. The molecule has 2 aliphatic heterocycles. The van der Waals surface area contributed by atoms with Crippen molar-refractivity contribution in [2.45, 2.75) is 18.3 Å². The number of hydrogen-bond donors (Lipinski definition) is 0. The second-order valence-corrected chi connectivity index (χ2v) is 7.45. The fourth-order valence-corrected chi connectivity index (χ4v) is 5.16. The molecule has 0 radical (unpaired) electrons. The number of para-hydroxylation sites is 1. The molecule has 0 saturated carbocycles. The van der Waals surface area contributed by atoms with E-state index in [1.807, 2.05) is 24.3 Å². The Labute approximate surface area is 149 Å². The maximum atomic E-state index is 14.1. The molecule has 128 valence electrons. The SMILES string of the molecule is CC(=O)N1CCS[C@]12C(=O)N(Cc1ccccc1F)c1ccccc12. The van der Waals surface area contributed by atoms with Crippen molar-refractivity contribution in [3.63, 3.8) is 0 Å². The van der Waals surface area contributed by atoms with Crippen LogP contribution in [-0.2, 0) is 21.0 Å². The van der Waals surface area contributed by atoms with Crippen LogP contribution in [0.15, 0.2) is 48.5 Å². The van der Waals surface area contributed by atoms with Gasteiger partial charge >= 0.3 is 0 Å². The molecule has 0 aliphatic carbocycles. The summed E-state index contributed by atoms with van der Waals surface area (Å²) in [5, 5.41) is 0. The molecule has 0 aromatic heterocycles. The van der Waals surface area contributed by atoms with Gasteiger partial charge in [0, 0.05) is 30.3 Å². The zero-order chi connectivity index (χ0) is 17.6. The summed E-state index contributed by atoms with van der Waals surface area (Å²) in [6, 6.07) is 13.9. The lowest BCUT2D eigenvalue weighted by Gasteiger charge is -2.32. The number of benzene rings is 2. The van der Waals surface area contributed by atoms with Crippen molar-refractivity contribution in [3.05, 3.63) is 65.5 Å². The molecular weight excluding hydrogens is 339 g/mol. The third kappa shape index (κ3) is 2.28. The summed E-state index contributed by atoms with van der Waals surface area (Å²) in [6.45, 7) is 2.17. The highest BCUT2D eigenvalue weighted by Gasteiger charge is 2.58. The van der Waals surface area contributed by atoms with Crippen LogP contribution in [0, 0.1) is 5.82 Å². The van der Waals surface area contributed by atoms with Gasteiger partial charge in [0.25, 0.3) is 5.91 Å². The van der Waals surface area contributed by atoms with Gasteiger partial charge < -0.3 is 9.80 Å². The summed E-state index contributed by atoms with van der Waals surface area (Å²) < 4.78 is 14.1. The molecule has 4 rings (SSSR count). The van der Waals surface area contributed by atoms with Gasteiger partial charge in [-0.1, -0.05) is 36.4 Å². The normalized spacial score (nSPS) is 21.9. The van der Waals surface area contributed by atoms with Crippen LogP contribution in [0.5, 0.6) is 0 Å². The molecule has 1 saturated heterocycles. The van der Waals surface area contributed by atoms with Crippen molar-refractivity contribution in [1.29, 1.82) is 0 Å². The highest BCUT2D eigenvalue weighted by molar-refractivity contribution is 8.01. The molecule has 0 bridgehead atoms. The summed E-state index contributed by atoms with van der Waals surface area (Å²) in [5.74, 6) is 0.0690. The minimum absolute atomic E-state index is 0.124. The van der Waals surface area contributed by atoms with E-state index in [4.69, 9.17) is 0 Å². The van der Waals surface area contributed by atoms with E-state index in [2.05, 4.69) is 0 Å². The highest BCUT2D eigenvalue weighted by Crippen LogP contribution is 2.54. The molecule has 0 N–H and O–H groups in total. The minimum Gasteiger partial charge on any atom is -0.315 e. The van der Waals surface area contributed by atoms with Gasteiger partial charge in [-0.15, -0.1) is 11.8 Å². The number of nitrogens with zero attached hydrogens (tertiary/aromatic N) is 2. The van der Waals surface area contributed by atoms with Crippen molar-refractivity contribution in [3.8, 4) is 0 Å². The Morgan fingerprint density at radius 3 is 2.68 bits per heavy atom. The number of amides is 2. The second kappa shape index (κ2) is 5.88. The largest absolute Gasteiger partial charge is 0.315 e. The second-order valence-electron chi connectivity index (χ2n) is 6.16. The van der Waals surface area contributed by atoms with Crippen LogP contribution in [-0.4, -0.2) is 29.0 Å². The maximum absolute atomic E-state index is 14.1. The standard InChI is InChI=1S/C19H17FN2O2S/c1-13(23)22-10-11-25-19(22)15-7-3-5-9-17(15)21(18(19)24)12-14-6-2-4-8-16(14)20/h2-9H,10-12H2,1H3/t19-/m1/s1. The summed E-state index contributed by atoms with van der Waals surface area (Å²) in [5.41, 5.74) is 2.02. The van der Waals surface area contributed by atoms with Crippen LogP contribution in [0.3, 0.4) is 0 Å². The van der Waals surface area contributed by atoms with Crippen molar-refractivity contribution in [1.82, 2.24) is 4.90 Å². The molecule has 2 heterocycles. The molecule has 6 heteroatoms. The monoisotopic (exact) mass is 356 g/mol. The fraction of sp³-hybridized carbons (Fsp3) is 0.263. The van der Waals surface area contributed by atoms with Gasteiger partial charge in [0.15, 0.2) is 4.87 Å². The Morgan fingerprint density at radius 2 is 1.92 bits per heavy atom. The van der Waals surface area contributed by atoms with Crippen LogP contribution in [0.4, 0.5) is 10.1 Å². The number of rotatable bonds is 2. The van der Waals surface area contributed by atoms with E-state index in [0.29, 0.717) is 17.9 Å². The Bertz CT molecular complexity index is 872. The number of carbonyl (C=O) groups is 2. The van der Waals surface area contributed by atoms with E-state index in [1.54, 1.807) is 28.0 Å². The lowest BCUT2D eigenvalue weighted by molar-refractivity contribution is -0.138. The summed E-state index contributed by atoms with van der Waals surface area (Å²) in [4.78, 5) is 27.8. The van der Waals surface area contributed by atoms with Crippen molar-refractivity contribution in [2.24, 2.45) is 0 Å².